The Balaban J connectivity index is 2.32. The first-order chi connectivity index (χ1) is 8.79. The van der Waals surface area contributed by atoms with E-state index in [0.29, 0.717) is 5.39 Å². The van der Waals surface area contributed by atoms with Crippen LogP contribution in [0.1, 0.15) is 18.9 Å². The molecule has 0 aromatic heterocycles. The monoisotopic (exact) mass is 238 g/mol. The lowest BCUT2D eigenvalue weighted by Gasteiger charge is -2.06. The van der Waals surface area contributed by atoms with Crippen molar-refractivity contribution in [3.8, 4) is 0 Å². The number of rotatable bonds is 2. The van der Waals surface area contributed by atoms with E-state index >= 15 is 0 Å². The molecule has 0 saturated heterocycles. The number of hydrogen-bond acceptors (Lipinski definition) is 0. The van der Waals surface area contributed by atoms with Gasteiger partial charge in [0.2, 0.25) is 0 Å². The molecule has 3 rings (SSSR count). The number of aryl methyl sites for hydroxylation is 1. The molecule has 0 aliphatic carbocycles. The maximum absolute atomic E-state index is 13.7. The van der Waals surface area contributed by atoms with E-state index in [1.807, 2.05) is 18.2 Å². The number of halogens is 1. The minimum Gasteiger partial charge on any atom is -0.206 e. The Morgan fingerprint density at radius 2 is 1.72 bits per heavy atom. The van der Waals surface area contributed by atoms with Gasteiger partial charge in [0.15, 0.2) is 0 Å². The lowest BCUT2D eigenvalue weighted by molar-refractivity contribution is 0.640. The fourth-order valence-electron chi connectivity index (χ4n) is 2.55. The van der Waals surface area contributed by atoms with E-state index < -0.39 is 0 Å². The maximum Gasteiger partial charge on any atom is 0.131 e. The molecule has 0 heterocycles. The quantitative estimate of drug-likeness (QED) is 0.546. The zero-order valence-corrected chi connectivity index (χ0v) is 10.4. The van der Waals surface area contributed by atoms with E-state index in [2.05, 4.69) is 25.1 Å². The Morgan fingerprint density at radius 3 is 2.56 bits per heavy atom. The zero-order chi connectivity index (χ0) is 12.5. The van der Waals surface area contributed by atoms with Crippen LogP contribution in [0.5, 0.6) is 0 Å². The third-order valence-electron chi connectivity index (χ3n) is 3.43. The molecule has 90 valence electrons. The molecule has 0 aliphatic heterocycles. The van der Waals surface area contributed by atoms with Gasteiger partial charge in [0.1, 0.15) is 5.82 Å². The van der Waals surface area contributed by atoms with Gasteiger partial charge in [0, 0.05) is 5.39 Å². The largest absolute Gasteiger partial charge is 0.206 e. The van der Waals surface area contributed by atoms with Gasteiger partial charge in [-0.1, -0.05) is 55.8 Å². The predicted molar refractivity (Wildman–Crippen MR) is 75.4 cm³/mol. The SMILES string of the molecule is CCCc1ccc2c(ccc3c(F)cccc32)c1. The Morgan fingerprint density at radius 1 is 0.889 bits per heavy atom. The van der Waals surface area contributed by atoms with E-state index in [1.165, 1.54) is 17.0 Å². The molecule has 18 heavy (non-hydrogen) atoms. The predicted octanol–water partition coefficient (Wildman–Crippen LogP) is 5.08. The van der Waals surface area contributed by atoms with Gasteiger partial charge in [-0.15, -0.1) is 0 Å². The van der Waals surface area contributed by atoms with E-state index in [-0.39, 0.29) is 5.82 Å². The number of fused-ring (bicyclic) bond motifs is 3. The van der Waals surface area contributed by atoms with Crippen LogP contribution in [0.25, 0.3) is 21.5 Å². The standard InChI is InChI=1S/C17H15F/c1-2-4-12-7-9-14-13(11-12)8-10-16-15(14)5-3-6-17(16)18/h3,5-11H,2,4H2,1H3. The highest BCUT2D eigenvalue weighted by Crippen LogP contribution is 2.27. The summed E-state index contributed by atoms with van der Waals surface area (Å²) in [5.41, 5.74) is 1.35. The molecule has 0 amide bonds. The highest BCUT2D eigenvalue weighted by Gasteiger charge is 2.04. The minimum absolute atomic E-state index is 0.146. The fourth-order valence-corrected chi connectivity index (χ4v) is 2.55. The van der Waals surface area contributed by atoms with Crippen LogP contribution in [-0.4, -0.2) is 0 Å². The Bertz CT molecular complexity index is 713. The first-order valence-electron chi connectivity index (χ1n) is 6.39. The van der Waals surface area contributed by atoms with Crippen molar-refractivity contribution in [1.82, 2.24) is 0 Å². The summed E-state index contributed by atoms with van der Waals surface area (Å²) >= 11 is 0. The second-order valence-corrected chi connectivity index (χ2v) is 4.71. The van der Waals surface area contributed by atoms with Crippen LogP contribution in [0.3, 0.4) is 0 Å². The first-order valence-corrected chi connectivity index (χ1v) is 6.39. The highest BCUT2D eigenvalue weighted by atomic mass is 19.1. The summed E-state index contributed by atoms with van der Waals surface area (Å²) in [6.45, 7) is 2.18. The summed E-state index contributed by atoms with van der Waals surface area (Å²) in [5, 5.41) is 4.02. The van der Waals surface area contributed by atoms with Crippen LogP contribution in [0, 0.1) is 5.82 Å². The lowest BCUT2D eigenvalue weighted by atomic mass is 9.99. The zero-order valence-electron chi connectivity index (χ0n) is 10.4. The topological polar surface area (TPSA) is 0 Å². The van der Waals surface area contributed by atoms with Crippen LogP contribution in [0.2, 0.25) is 0 Å². The van der Waals surface area contributed by atoms with Crippen molar-refractivity contribution in [2.24, 2.45) is 0 Å². The van der Waals surface area contributed by atoms with Gasteiger partial charge in [-0.05, 0) is 34.2 Å². The molecule has 3 aromatic rings. The first kappa shape index (κ1) is 11.2. The van der Waals surface area contributed by atoms with Crippen LogP contribution in [0.4, 0.5) is 4.39 Å². The Hall–Kier alpha value is -1.89. The second-order valence-electron chi connectivity index (χ2n) is 4.71. The summed E-state index contributed by atoms with van der Waals surface area (Å²) in [6.07, 6.45) is 2.24. The molecule has 0 nitrogen and oxygen atoms in total. The minimum atomic E-state index is -0.146. The van der Waals surface area contributed by atoms with Gasteiger partial charge in [0.05, 0.1) is 0 Å². The van der Waals surface area contributed by atoms with Crippen molar-refractivity contribution in [3.63, 3.8) is 0 Å². The number of hydrogen-bond donors (Lipinski definition) is 0. The molecule has 0 N–H and O–H groups in total. The van der Waals surface area contributed by atoms with Crippen molar-refractivity contribution >= 4 is 21.5 Å². The molecule has 0 atom stereocenters. The van der Waals surface area contributed by atoms with Crippen LogP contribution in [0.15, 0.2) is 48.5 Å². The van der Waals surface area contributed by atoms with Crippen LogP contribution >= 0.6 is 0 Å². The summed E-state index contributed by atoms with van der Waals surface area (Å²) in [5.74, 6) is -0.146. The summed E-state index contributed by atoms with van der Waals surface area (Å²) < 4.78 is 13.7. The summed E-state index contributed by atoms with van der Waals surface area (Å²) in [4.78, 5) is 0. The highest BCUT2D eigenvalue weighted by molar-refractivity contribution is 6.07. The summed E-state index contributed by atoms with van der Waals surface area (Å²) in [6, 6.07) is 15.6. The van der Waals surface area contributed by atoms with Gasteiger partial charge < -0.3 is 0 Å². The fraction of sp³-hybridized carbons (Fsp3) is 0.176. The molecule has 0 aliphatic rings. The molecule has 0 radical (unpaired) electrons. The van der Waals surface area contributed by atoms with E-state index in [9.17, 15) is 4.39 Å². The molecule has 0 bridgehead atoms. The molecular formula is C17H15F. The molecule has 0 spiro atoms. The molecular weight excluding hydrogens is 223 g/mol. The van der Waals surface area contributed by atoms with Crippen molar-refractivity contribution in [2.75, 3.05) is 0 Å². The Kier molecular flexibility index (Phi) is 2.75. The maximum atomic E-state index is 13.7. The van der Waals surface area contributed by atoms with Crippen molar-refractivity contribution in [3.05, 3.63) is 59.9 Å². The van der Waals surface area contributed by atoms with Gasteiger partial charge in [-0.2, -0.15) is 0 Å². The average Bonchev–Trinajstić information content (AvgIpc) is 2.39. The van der Waals surface area contributed by atoms with E-state index in [1.54, 1.807) is 6.07 Å². The third-order valence-corrected chi connectivity index (χ3v) is 3.43. The number of benzene rings is 3. The second kappa shape index (κ2) is 4.41. The molecule has 0 saturated carbocycles. The third kappa shape index (κ3) is 1.76. The average molecular weight is 238 g/mol. The van der Waals surface area contributed by atoms with Crippen molar-refractivity contribution < 1.29 is 4.39 Å². The molecule has 1 heteroatoms. The van der Waals surface area contributed by atoms with Crippen LogP contribution < -0.4 is 0 Å². The van der Waals surface area contributed by atoms with E-state index in [0.717, 1.165) is 23.6 Å². The lowest BCUT2D eigenvalue weighted by Crippen LogP contribution is -1.85. The molecule has 0 fully saturated rings. The van der Waals surface area contributed by atoms with Gasteiger partial charge in [0.25, 0.3) is 0 Å². The van der Waals surface area contributed by atoms with Gasteiger partial charge in [-0.25, -0.2) is 4.39 Å². The molecule has 0 unspecified atom stereocenters. The Labute approximate surface area is 106 Å². The molecule has 3 aromatic carbocycles. The van der Waals surface area contributed by atoms with Crippen molar-refractivity contribution in [2.45, 2.75) is 19.8 Å². The van der Waals surface area contributed by atoms with Gasteiger partial charge >= 0.3 is 0 Å². The van der Waals surface area contributed by atoms with Crippen LogP contribution in [-0.2, 0) is 6.42 Å². The smallest absolute Gasteiger partial charge is 0.131 e. The van der Waals surface area contributed by atoms with Crippen molar-refractivity contribution in [1.29, 1.82) is 0 Å². The van der Waals surface area contributed by atoms with E-state index in [4.69, 9.17) is 0 Å². The van der Waals surface area contributed by atoms with Gasteiger partial charge in [-0.3, -0.25) is 0 Å². The normalized spacial score (nSPS) is 11.2. The summed E-state index contributed by atoms with van der Waals surface area (Å²) in [7, 11) is 0.